The van der Waals surface area contributed by atoms with Crippen LogP contribution in [0, 0.1) is 12.3 Å². The van der Waals surface area contributed by atoms with E-state index in [-0.39, 0.29) is 0 Å². The summed E-state index contributed by atoms with van der Waals surface area (Å²) in [5.41, 5.74) is 0. The number of fused-ring (bicyclic) bond motifs is 1. The molecule has 0 bridgehead atoms. The zero-order valence-electron chi connectivity index (χ0n) is 7.66. The van der Waals surface area contributed by atoms with Crippen molar-refractivity contribution in [3.05, 3.63) is 24.3 Å². The van der Waals surface area contributed by atoms with Crippen molar-refractivity contribution in [2.45, 2.75) is 6.42 Å². The Kier molecular flexibility index (Phi) is 2.66. The second-order valence-electron chi connectivity index (χ2n) is 2.91. The maximum Gasteiger partial charge on any atom is 0.147 e. The van der Waals surface area contributed by atoms with E-state index in [1.807, 2.05) is 12.1 Å². The Labute approximate surface area is 87.1 Å². The lowest BCUT2D eigenvalue weighted by Gasteiger charge is -1.99. The molecule has 0 unspecified atom stereocenters. The van der Waals surface area contributed by atoms with Crippen molar-refractivity contribution in [1.29, 1.82) is 0 Å². The van der Waals surface area contributed by atoms with E-state index in [2.05, 4.69) is 27.7 Å². The van der Waals surface area contributed by atoms with E-state index in [1.54, 1.807) is 0 Å². The zero-order valence-corrected chi connectivity index (χ0v) is 8.47. The van der Waals surface area contributed by atoms with Gasteiger partial charge in [-0.05, 0) is 23.7 Å². The molecule has 0 aliphatic heterocycles. The number of nitrogens with one attached hydrogen (secondary N) is 1. The van der Waals surface area contributed by atoms with Crippen molar-refractivity contribution in [1.82, 2.24) is 4.37 Å². The monoisotopic (exact) mass is 202 g/mol. The number of hydrogen-bond donors (Lipinski definition) is 1. The quantitative estimate of drug-likeness (QED) is 0.611. The molecular formula is C11H10N2S. The molecule has 0 saturated heterocycles. The first-order chi connectivity index (χ1) is 6.92. The molecule has 0 saturated carbocycles. The zero-order chi connectivity index (χ0) is 9.80. The van der Waals surface area contributed by atoms with Crippen LogP contribution < -0.4 is 5.32 Å². The molecule has 0 atom stereocenters. The highest BCUT2D eigenvalue weighted by atomic mass is 32.1. The summed E-state index contributed by atoms with van der Waals surface area (Å²) in [7, 11) is 0. The van der Waals surface area contributed by atoms with Crippen molar-refractivity contribution in [2.75, 3.05) is 11.9 Å². The van der Waals surface area contributed by atoms with E-state index in [9.17, 15) is 0 Å². The highest BCUT2D eigenvalue weighted by molar-refractivity contribution is 7.13. The maximum atomic E-state index is 5.17. The molecule has 2 aromatic rings. The molecule has 14 heavy (non-hydrogen) atoms. The molecule has 1 aromatic carbocycles. The van der Waals surface area contributed by atoms with E-state index in [0.717, 1.165) is 18.8 Å². The van der Waals surface area contributed by atoms with Crippen molar-refractivity contribution in [3.8, 4) is 12.3 Å². The number of benzene rings is 1. The fraction of sp³-hybridized carbons (Fsp3) is 0.182. The average molecular weight is 202 g/mol. The topological polar surface area (TPSA) is 24.9 Å². The molecule has 2 nitrogen and oxygen atoms in total. The first kappa shape index (κ1) is 9.04. The summed E-state index contributed by atoms with van der Waals surface area (Å²) in [6.07, 6.45) is 5.90. The van der Waals surface area contributed by atoms with Gasteiger partial charge in [0.15, 0.2) is 0 Å². The normalized spacial score (nSPS) is 9.93. The van der Waals surface area contributed by atoms with Crippen molar-refractivity contribution in [3.63, 3.8) is 0 Å². The molecule has 2 rings (SSSR count). The predicted octanol–water partition coefficient (Wildman–Crippen LogP) is 2.73. The van der Waals surface area contributed by atoms with Crippen LogP contribution in [0.2, 0.25) is 0 Å². The SMILES string of the molecule is C#CCCNc1nsc2ccccc12. The third kappa shape index (κ3) is 1.70. The summed E-state index contributed by atoms with van der Waals surface area (Å²) in [4.78, 5) is 0. The van der Waals surface area contributed by atoms with Crippen molar-refractivity contribution in [2.24, 2.45) is 0 Å². The second-order valence-corrected chi connectivity index (χ2v) is 3.71. The van der Waals surface area contributed by atoms with Crippen LogP contribution >= 0.6 is 11.5 Å². The molecule has 0 radical (unpaired) electrons. The van der Waals surface area contributed by atoms with Gasteiger partial charge in [0.25, 0.3) is 0 Å². The van der Waals surface area contributed by atoms with Crippen molar-refractivity contribution >= 4 is 27.4 Å². The van der Waals surface area contributed by atoms with Gasteiger partial charge in [-0.3, -0.25) is 0 Å². The van der Waals surface area contributed by atoms with E-state index in [0.29, 0.717) is 0 Å². The lowest BCUT2D eigenvalue weighted by Crippen LogP contribution is -2.00. The van der Waals surface area contributed by atoms with Crippen molar-refractivity contribution < 1.29 is 0 Å². The first-order valence-corrected chi connectivity index (χ1v) is 5.21. The van der Waals surface area contributed by atoms with E-state index >= 15 is 0 Å². The standard InChI is InChI=1S/C11H10N2S/c1-2-3-8-12-11-9-6-4-5-7-10(9)14-13-11/h1,4-7H,3,8H2,(H,12,13). The minimum absolute atomic E-state index is 0.728. The average Bonchev–Trinajstić information content (AvgIpc) is 2.63. The van der Waals surface area contributed by atoms with Gasteiger partial charge < -0.3 is 5.32 Å². The lowest BCUT2D eigenvalue weighted by molar-refractivity contribution is 1.09. The molecule has 3 heteroatoms. The number of rotatable bonds is 3. The third-order valence-electron chi connectivity index (χ3n) is 1.94. The Hall–Kier alpha value is -1.53. The van der Waals surface area contributed by atoms with Crippen LogP contribution in [0.1, 0.15) is 6.42 Å². The van der Waals surface area contributed by atoms with E-state index < -0.39 is 0 Å². The number of anilines is 1. The van der Waals surface area contributed by atoms with Crippen LogP contribution in [0.5, 0.6) is 0 Å². The van der Waals surface area contributed by atoms with Crippen LogP contribution in [-0.2, 0) is 0 Å². The fourth-order valence-corrected chi connectivity index (χ4v) is 2.02. The van der Waals surface area contributed by atoms with Gasteiger partial charge in [0, 0.05) is 18.4 Å². The van der Waals surface area contributed by atoms with Gasteiger partial charge in [-0.25, -0.2) is 0 Å². The van der Waals surface area contributed by atoms with Crippen LogP contribution in [0.3, 0.4) is 0 Å². The molecule has 1 heterocycles. The Morgan fingerprint density at radius 1 is 1.43 bits per heavy atom. The van der Waals surface area contributed by atoms with Crippen LogP contribution in [0.15, 0.2) is 24.3 Å². The fourth-order valence-electron chi connectivity index (χ4n) is 1.27. The minimum atomic E-state index is 0.728. The van der Waals surface area contributed by atoms with Gasteiger partial charge in [0.05, 0.1) is 4.70 Å². The summed E-state index contributed by atoms with van der Waals surface area (Å²) in [5.74, 6) is 3.54. The number of aromatic nitrogens is 1. The molecule has 1 N–H and O–H groups in total. The molecule has 70 valence electrons. The Bertz CT molecular complexity index is 467. The van der Waals surface area contributed by atoms with Gasteiger partial charge in [0.1, 0.15) is 5.82 Å². The largest absolute Gasteiger partial charge is 0.368 e. The van der Waals surface area contributed by atoms with Crippen LogP contribution in [0.25, 0.3) is 10.1 Å². The molecule has 0 fully saturated rings. The van der Waals surface area contributed by atoms with Crippen LogP contribution in [0.4, 0.5) is 5.82 Å². The van der Waals surface area contributed by atoms with Gasteiger partial charge in [-0.1, -0.05) is 12.1 Å². The Morgan fingerprint density at radius 2 is 2.29 bits per heavy atom. The highest BCUT2D eigenvalue weighted by Gasteiger charge is 2.02. The van der Waals surface area contributed by atoms with E-state index in [1.165, 1.54) is 21.6 Å². The predicted molar refractivity (Wildman–Crippen MR) is 61.6 cm³/mol. The summed E-state index contributed by atoms with van der Waals surface area (Å²) >= 11 is 1.51. The summed E-state index contributed by atoms with van der Waals surface area (Å²) in [5, 5.41) is 4.40. The highest BCUT2D eigenvalue weighted by Crippen LogP contribution is 2.25. The Morgan fingerprint density at radius 3 is 3.14 bits per heavy atom. The summed E-state index contributed by atoms with van der Waals surface area (Å²) in [6, 6.07) is 8.17. The van der Waals surface area contributed by atoms with Gasteiger partial charge in [-0.15, -0.1) is 12.3 Å². The minimum Gasteiger partial charge on any atom is -0.368 e. The first-order valence-electron chi connectivity index (χ1n) is 4.43. The number of hydrogen-bond acceptors (Lipinski definition) is 3. The molecule has 0 spiro atoms. The second kappa shape index (κ2) is 4.12. The maximum absolute atomic E-state index is 5.17. The smallest absolute Gasteiger partial charge is 0.147 e. The number of terminal acetylenes is 1. The molecular weight excluding hydrogens is 192 g/mol. The lowest BCUT2D eigenvalue weighted by atomic mass is 10.2. The number of nitrogens with zero attached hydrogens (tertiary/aromatic N) is 1. The van der Waals surface area contributed by atoms with Gasteiger partial charge >= 0.3 is 0 Å². The third-order valence-corrected chi connectivity index (χ3v) is 2.77. The molecule has 0 aliphatic rings. The molecule has 0 amide bonds. The molecule has 0 aliphatic carbocycles. The summed E-state index contributed by atoms with van der Waals surface area (Å²) < 4.78 is 5.53. The van der Waals surface area contributed by atoms with Gasteiger partial charge in [0.2, 0.25) is 0 Å². The van der Waals surface area contributed by atoms with E-state index in [4.69, 9.17) is 6.42 Å². The molecule has 1 aromatic heterocycles. The Balaban J connectivity index is 2.22. The van der Waals surface area contributed by atoms with Gasteiger partial charge in [-0.2, -0.15) is 4.37 Å². The van der Waals surface area contributed by atoms with Crippen LogP contribution in [-0.4, -0.2) is 10.9 Å². The summed E-state index contributed by atoms with van der Waals surface area (Å²) in [6.45, 7) is 0.782.